The van der Waals surface area contributed by atoms with Crippen LogP contribution in [0.1, 0.15) is 38.1 Å². The number of unbranched alkanes of at least 4 members (excludes halogenated alkanes) is 2. The zero-order valence-corrected chi connectivity index (χ0v) is 11.0. The topological polar surface area (TPSA) is 67.3 Å². The highest BCUT2D eigenvalue weighted by Gasteiger charge is 2.20. The lowest BCUT2D eigenvalue weighted by Crippen LogP contribution is -2.35. The van der Waals surface area contributed by atoms with Crippen molar-refractivity contribution in [3.8, 4) is 0 Å². The first kappa shape index (κ1) is 13.4. The fourth-order valence-electron chi connectivity index (χ4n) is 2.59. The number of nitrogens with two attached hydrogens (primary N) is 1. The number of nitrogens with zero attached hydrogens (tertiary/aromatic N) is 3. The molecule has 5 nitrogen and oxygen atoms in total. The molecule has 102 valence electrons. The maximum absolute atomic E-state index is 8.73. The van der Waals surface area contributed by atoms with Crippen LogP contribution in [0.4, 0.5) is 5.82 Å². The highest BCUT2D eigenvalue weighted by Crippen LogP contribution is 2.22. The van der Waals surface area contributed by atoms with E-state index in [1.54, 1.807) is 0 Å². The number of aliphatic hydroxyl groups excluding tert-OH is 1. The van der Waals surface area contributed by atoms with Crippen LogP contribution in [0.2, 0.25) is 0 Å². The molecule has 2 rings (SSSR count). The van der Waals surface area contributed by atoms with Crippen molar-refractivity contribution in [3.05, 3.63) is 12.3 Å². The standard InChI is InChI=1S/C13H24N4O/c14-13-6-10-17(15-13)12-4-8-16(9-5-12)7-2-1-3-11-18/h6,10,12,18H,1-5,7-9,11H2,(H2,14,15). The van der Waals surface area contributed by atoms with Crippen LogP contribution in [0.3, 0.4) is 0 Å². The molecule has 0 atom stereocenters. The average molecular weight is 252 g/mol. The van der Waals surface area contributed by atoms with Crippen LogP contribution >= 0.6 is 0 Å². The van der Waals surface area contributed by atoms with E-state index in [1.165, 1.54) is 6.42 Å². The summed E-state index contributed by atoms with van der Waals surface area (Å²) in [5.41, 5.74) is 5.64. The van der Waals surface area contributed by atoms with Gasteiger partial charge in [-0.1, -0.05) is 0 Å². The minimum absolute atomic E-state index is 0.322. The minimum Gasteiger partial charge on any atom is -0.396 e. The third-order valence-corrected chi connectivity index (χ3v) is 3.69. The quantitative estimate of drug-likeness (QED) is 0.748. The van der Waals surface area contributed by atoms with E-state index in [4.69, 9.17) is 10.8 Å². The molecule has 1 aromatic heterocycles. The van der Waals surface area contributed by atoms with Gasteiger partial charge in [0.05, 0.1) is 6.04 Å². The Morgan fingerprint density at radius 3 is 2.67 bits per heavy atom. The van der Waals surface area contributed by atoms with E-state index >= 15 is 0 Å². The summed E-state index contributed by atoms with van der Waals surface area (Å²) in [5.74, 6) is 0.612. The normalized spacial score (nSPS) is 18.3. The maximum atomic E-state index is 8.73. The summed E-state index contributed by atoms with van der Waals surface area (Å²) in [6.07, 6.45) is 7.55. The molecule has 0 saturated carbocycles. The summed E-state index contributed by atoms with van der Waals surface area (Å²) in [5, 5.41) is 13.0. The molecule has 0 aliphatic carbocycles. The van der Waals surface area contributed by atoms with Crippen molar-refractivity contribution < 1.29 is 5.11 Å². The van der Waals surface area contributed by atoms with Crippen LogP contribution in [-0.2, 0) is 0 Å². The first-order chi connectivity index (χ1) is 8.79. The molecule has 1 saturated heterocycles. The predicted molar refractivity (Wildman–Crippen MR) is 72.3 cm³/mol. The van der Waals surface area contributed by atoms with Crippen LogP contribution in [0.25, 0.3) is 0 Å². The van der Waals surface area contributed by atoms with Crippen molar-refractivity contribution in [1.82, 2.24) is 14.7 Å². The summed E-state index contributed by atoms with van der Waals surface area (Å²) in [7, 11) is 0. The molecule has 3 N–H and O–H groups in total. The van der Waals surface area contributed by atoms with Gasteiger partial charge < -0.3 is 15.7 Å². The van der Waals surface area contributed by atoms with E-state index in [0.717, 1.165) is 45.3 Å². The number of hydrogen-bond acceptors (Lipinski definition) is 4. The first-order valence-electron chi connectivity index (χ1n) is 6.93. The molecule has 0 bridgehead atoms. The van der Waals surface area contributed by atoms with Gasteiger partial charge in [-0.3, -0.25) is 4.68 Å². The number of aromatic nitrogens is 2. The largest absolute Gasteiger partial charge is 0.396 e. The summed E-state index contributed by atoms with van der Waals surface area (Å²) in [6.45, 7) is 3.77. The van der Waals surface area contributed by atoms with E-state index in [0.29, 0.717) is 18.5 Å². The lowest BCUT2D eigenvalue weighted by atomic mass is 10.0. The number of anilines is 1. The summed E-state index contributed by atoms with van der Waals surface area (Å²) in [6, 6.07) is 2.37. The molecular weight excluding hydrogens is 228 g/mol. The number of nitrogen functional groups attached to an aromatic ring is 1. The summed E-state index contributed by atoms with van der Waals surface area (Å²) < 4.78 is 2.01. The van der Waals surface area contributed by atoms with Gasteiger partial charge >= 0.3 is 0 Å². The highest BCUT2D eigenvalue weighted by molar-refractivity contribution is 5.24. The predicted octanol–water partition coefficient (Wildman–Crippen LogP) is 1.26. The van der Waals surface area contributed by atoms with Crippen LogP contribution < -0.4 is 5.73 Å². The Bertz CT molecular complexity index is 345. The molecule has 1 fully saturated rings. The van der Waals surface area contributed by atoms with Crippen molar-refractivity contribution in [2.75, 3.05) is 32.0 Å². The third kappa shape index (κ3) is 3.71. The second kappa shape index (κ2) is 6.75. The Kier molecular flexibility index (Phi) is 5.01. The zero-order valence-electron chi connectivity index (χ0n) is 11.0. The number of hydrogen-bond donors (Lipinski definition) is 2. The van der Waals surface area contributed by atoms with Crippen LogP contribution in [0.5, 0.6) is 0 Å². The molecule has 0 radical (unpaired) electrons. The molecule has 1 aliphatic rings. The van der Waals surface area contributed by atoms with Gasteiger partial charge in [0.25, 0.3) is 0 Å². The van der Waals surface area contributed by atoms with Gasteiger partial charge in [-0.25, -0.2) is 0 Å². The Morgan fingerprint density at radius 1 is 1.28 bits per heavy atom. The Hall–Kier alpha value is -1.07. The minimum atomic E-state index is 0.322. The van der Waals surface area contributed by atoms with E-state index in [1.807, 2.05) is 16.9 Å². The van der Waals surface area contributed by atoms with Gasteiger partial charge in [0.2, 0.25) is 0 Å². The molecule has 18 heavy (non-hydrogen) atoms. The number of likely N-dealkylation sites (tertiary alicyclic amines) is 1. The van der Waals surface area contributed by atoms with Gasteiger partial charge in [-0.05, 0) is 44.7 Å². The fourth-order valence-corrected chi connectivity index (χ4v) is 2.59. The van der Waals surface area contributed by atoms with Crippen molar-refractivity contribution in [2.24, 2.45) is 0 Å². The summed E-state index contributed by atoms with van der Waals surface area (Å²) >= 11 is 0. The molecule has 0 aromatic carbocycles. The molecule has 5 heteroatoms. The van der Waals surface area contributed by atoms with Gasteiger partial charge in [0, 0.05) is 25.9 Å². The molecular formula is C13H24N4O. The Labute approximate surface area is 109 Å². The Morgan fingerprint density at radius 2 is 2.06 bits per heavy atom. The Balaban J connectivity index is 1.68. The van der Waals surface area contributed by atoms with Crippen molar-refractivity contribution >= 4 is 5.82 Å². The molecule has 0 amide bonds. The van der Waals surface area contributed by atoms with Crippen LogP contribution in [0, 0.1) is 0 Å². The SMILES string of the molecule is Nc1ccn(C2CCN(CCCCCO)CC2)n1. The number of aliphatic hydroxyl groups is 1. The van der Waals surface area contributed by atoms with E-state index < -0.39 is 0 Å². The second-order valence-corrected chi connectivity index (χ2v) is 5.08. The van der Waals surface area contributed by atoms with Crippen LogP contribution in [0.15, 0.2) is 12.3 Å². The molecule has 1 aliphatic heterocycles. The zero-order chi connectivity index (χ0) is 12.8. The highest BCUT2D eigenvalue weighted by atomic mass is 16.2. The van der Waals surface area contributed by atoms with Crippen molar-refractivity contribution in [2.45, 2.75) is 38.1 Å². The first-order valence-corrected chi connectivity index (χ1v) is 6.93. The molecule has 1 aromatic rings. The third-order valence-electron chi connectivity index (χ3n) is 3.69. The van der Waals surface area contributed by atoms with Crippen molar-refractivity contribution in [3.63, 3.8) is 0 Å². The lowest BCUT2D eigenvalue weighted by molar-refractivity contribution is 0.175. The van der Waals surface area contributed by atoms with Gasteiger partial charge in [0.15, 0.2) is 0 Å². The van der Waals surface area contributed by atoms with Crippen LogP contribution in [-0.4, -0.2) is 46.0 Å². The molecule has 2 heterocycles. The fraction of sp³-hybridized carbons (Fsp3) is 0.769. The van der Waals surface area contributed by atoms with E-state index in [9.17, 15) is 0 Å². The average Bonchev–Trinajstić information content (AvgIpc) is 2.82. The van der Waals surface area contributed by atoms with Gasteiger partial charge in [0.1, 0.15) is 5.82 Å². The number of piperidine rings is 1. The van der Waals surface area contributed by atoms with Gasteiger partial charge in [-0.2, -0.15) is 5.10 Å². The lowest BCUT2D eigenvalue weighted by Gasteiger charge is -2.32. The maximum Gasteiger partial charge on any atom is 0.145 e. The molecule has 0 unspecified atom stereocenters. The van der Waals surface area contributed by atoms with E-state index in [-0.39, 0.29) is 0 Å². The summed E-state index contributed by atoms with van der Waals surface area (Å²) in [4.78, 5) is 2.51. The van der Waals surface area contributed by atoms with Gasteiger partial charge in [-0.15, -0.1) is 0 Å². The van der Waals surface area contributed by atoms with E-state index in [2.05, 4.69) is 10.00 Å². The molecule has 0 spiro atoms. The van der Waals surface area contributed by atoms with Crippen molar-refractivity contribution in [1.29, 1.82) is 0 Å². The smallest absolute Gasteiger partial charge is 0.145 e. The number of rotatable bonds is 6. The monoisotopic (exact) mass is 252 g/mol. The second-order valence-electron chi connectivity index (χ2n) is 5.08.